The highest BCUT2D eigenvalue weighted by atomic mass is 32.2. The Bertz CT molecular complexity index is 557. The van der Waals surface area contributed by atoms with Crippen LogP contribution in [0, 0.1) is 17.0 Å². The molecule has 4 nitrogen and oxygen atoms in total. The van der Waals surface area contributed by atoms with Crippen molar-refractivity contribution in [2.24, 2.45) is 10.6 Å². The highest BCUT2D eigenvalue weighted by molar-refractivity contribution is 7.89. The van der Waals surface area contributed by atoms with Gasteiger partial charge in [0.15, 0.2) is 11.6 Å². The third-order valence-electron chi connectivity index (χ3n) is 3.43. The molecule has 0 atom stereocenters. The van der Waals surface area contributed by atoms with Gasteiger partial charge in [0.25, 0.3) is 0 Å². The summed E-state index contributed by atoms with van der Waals surface area (Å²) in [7, 11) is -3.68. The van der Waals surface area contributed by atoms with E-state index in [9.17, 15) is 17.2 Å². The second-order valence-electron chi connectivity index (χ2n) is 4.88. The van der Waals surface area contributed by atoms with Crippen molar-refractivity contribution in [2.45, 2.75) is 26.7 Å². The molecule has 0 fully saturated rings. The van der Waals surface area contributed by atoms with Crippen LogP contribution >= 0.6 is 0 Å². The van der Waals surface area contributed by atoms with E-state index in [4.69, 9.17) is 9.88 Å². The number of rotatable bonds is 7. The molecule has 1 aromatic carbocycles. The zero-order valence-electron chi connectivity index (χ0n) is 11.5. The number of hydrogen-bond acceptors (Lipinski definition) is 3. The lowest BCUT2D eigenvalue weighted by Gasteiger charge is -2.30. The lowest BCUT2D eigenvalue weighted by atomic mass is 9.85. The number of primary sulfonamides is 1. The van der Waals surface area contributed by atoms with E-state index in [1.807, 2.05) is 0 Å². The van der Waals surface area contributed by atoms with Crippen molar-refractivity contribution in [3.8, 4) is 5.75 Å². The first-order valence-corrected chi connectivity index (χ1v) is 8.01. The Kier molecular flexibility index (Phi) is 5.47. The molecule has 1 rings (SSSR count). The van der Waals surface area contributed by atoms with Crippen molar-refractivity contribution in [2.75, 3.05) is 12.4 Å². The van der Waals surface area contributed by atoms with Gasteiger partial charge in [-0.15, -0.1) is 0 Å². The maximum Gasteiger partial charge on any atom is 0.209 e. The topological polar surface area (TPSA) is 69.4 Å². The third-order valence-corrected chi connectivity index (χ3v) is 4.45. The van der Waals surface area contributed by atoms with E-state index in [0.29, 0.717) is 12.8 Å². The molecule has 20 heavy (non-hydrogen) atoms. The van der Waals surface area contributed by atoms with E-state index in [1.54, 1.807) is 13.8 Å². The molecule has 0 bridgehead atoms. The summed E-state index contributed by atoms with van der Waals surface area (Å²) in [5.74, 6) is -1.80. The van der Waals surface area contributed by atoms with Crippen molar-refractivity contribution < 1.29 is 21.9 Å². The Morgan fingerprint density at radius 2 is 1.85 bits per heavy atom. The quantitative estimate of drug-likeness (QED) is 0.841. The summed E-state index contributed by atoms with van der Waals surface area (Å²) in [6.07, 6.45) is 0.994. The number of ether oxygens (including phenoxy) is 1. The van der Waals surface area contributed by atoms with Crippen molar-refractivity contribution in [1.29, 1.82) is 0 Å². The molecular formula is C13H19F2NO3S. The van der Waals surface area contributed by atoms with E-state index in [1.165, 1.54) is 0 Å². The molecule has 0 saturated carbocycles. The normalized spacial score (nSPS) is 12.4. The van der Waals surface area contributed by atoms with Gasteiger partial charge in [-0.3, -0.25) is 0 Å². The standard InChI is InChI=1S/C13H19F2NO3S/c1-3-13(4-2,9-20(16,17)18)8-19-12-7-10(14)5-6-11(12)15/h5-7H,3-4,8-9H2,1-2H3,(H2,16,17,18). The summed E-state index contributed by atoms with van der Waals surface area (Å²) in [5, 5.41) is 5.08. The molecule has 7 heteroatoms. The smallest absolute Gasteiger partial charge is 0.209 e. The molecule has 0 aromatic heterocycles. The zero-order chi connectivity index (χ0) is 15.4. The summed E-state index contributed by atoms with van der Waals surface area (Å²) >= 11 is 0. The van der Waals surface area contributed by atoms with Crippen molar-refractivity contribution >= 4 is 10.0 Å². The molecule has 114 valence electrons. The monoisotopic (exact) mass is 307 g/mol. The molecule has 0 aliphatic rings. The number of halogens is 2. The van der Waals surface area contributed by atoms with Crippen molar-refractivity contribution in [3.63, 3.8) is 0 Å². The SMILES string of the molecule is CCC(CC)(COc1cc(F)ccc1F)CS(N)(=O)=O. The van der Waals surface area contributed by atoms with Gasteiger partial charge in [0.05, 0.1) is 12.4 Å². The second-order valence-corrected chi connectivity index (χ2v) is 6.49. The Morgan fingerprint density at radius 3 is 2.35 bits per heavy atom. The molecule has 0 aliphatic carbocycles. The van der Waals surface area contributed by atoms with Crippen LogP contribution in [-0.2, 0) is 10.0 Å². The Hall–Kier alpha value is -1.21. The fourth-order valence-electron chi connectivity index (χ4n) is 1.95. The number of sulfonamides is 1. The van der Waals surface area contributed by atoms with E-state index < -0.39 is 27.1 Å². The summed E-state index contributed by atoms with van der Waals surface area (Å²) in [4.78, 5) is 0. The Morgan fingerprint density at radius 1 is 1.25 bits per heavy atom. The van der Waals surface area contributed by atoms with Gasteiger partial charge in [-0.2, -0.15) is 0 Å². The maximum atomic E-state index is 13.5. The van der Waals surface area contributed by atoms with Gasteiger partial charge in [-0.1, -0.05) is 13.8 Å². The van der Waals surface area contributed by atoms with Crippen LogP contribution in [0.4, 0.5) is 8.78 Å². The van der Waals surface area contributed by atoms with Crippen LogP contribution in [0.1, 0.15) is 26.7 Å². The number of benzene rings is 1. The number of nitrogens with two attached hydrogens (primary N) is 1. The van der Waals surface area contributed by atoms with Crippen LogP contribution < -0.4 is 9.88 Å². The summed E-state index contributed by atoms with van der Waals surface area (Å²) in [6, 6.07) is 2.88. The Labute approximate surface area is 118 Å². The van der Waals surface area contributed by atoms with Gasteiger partial charge in [0, 0.05) is 11.5 Å². The van der Waals surface area contributed by atoms with E-state index in [0.717, 1.165) is 18.2 Å². The van der Waals surface area contributed by atoms with Gasteiger partial charge < -0.3 is 4.74 Å². The molecule has 0 heterocycles. The lowest BCUT2D eigenvalue weighted by Crippen LogP contribution is -2.37. The van der Waals surface area contributed by atoms with Gasteiger partial charge in [0.1, 0.15) is 5.82 Å². The highest BCUT2D eigenvalue weighted by Crippen LogP contribution is 2.30. The lowest BCUT2D eigenvalue weighted by molar-refractivity contribution is 0.149. The summed E-state index contributed by atoms with van der Waals surface area (Å²) in [6.45, 7) is 3.57. The largest absolute Gasteiger partial charge is 0.490 e. The average molecular weight is 307 g/mol. The highest BCUT2D eigenvalue weighted by Gasteiger charge is 2.32. The van der Waals surface area contributed by atoms with Crippen LogP contribution in [0.25, 0.3) is 0 Å². The van der Waals surface area contributed by atoms with Gasteiger partial charge in [-0.05, 0) is 25.0 Å². The Balaban J connectivity index is 2.89. The molecule has 0 amide bonds. The van der Waals surface area contributed by atoms with Gasteiger partial charge in [-0.25, -0.2) is 22.3 Å². The molecule has 0 spiro atoms. The fourth-order valence-corrected chi connectivity index (χ4v) is 3.29. The van der Waals surface area contributed by atoms with E-state index >= 15 is 0 Å². The molecule has 0 radical (unpaired) electrons. The molecule has 0 unspecified atom stereocenters. The van der Waals surface area contributed by atoms with Crippen LogP contribution in [0.15, 0.2) is 18.2 Å². The minimum Gasteiger partial charge on any atom is -0.490 e. The summed E-state index contributed by atoms with van der Waals surface area (Å²) in [5.41, 5.74) is -0.716. The van der Waals surface area contributed by atoms with Crippen molar-refractivity contribution in [3.05, 3.63) is 29.8 Å². The van der Waals surface area contributed by atoms with Crippen LogP contribution in [0.2, 0.25) is 0 Å². The minimum absolute atomic E-state index is 0.0448. The van der Waals surface area contributed by atoms with Gasteiger partial charge >= 0.3 is 0 Å². The zero-order valence-corrected chi connectivity index (χ0v) is 12.3. The van der Waals surface area contributed by atoms with Crippen molar-refractivity contribution in [1.82, 2.24) is 0 Å². The summed E-state index contributed by atoms with van der Waals surface area (Å²) < 4.78 is 54.3. The molecular weight excluding hydrogens is 288 g/mol. The maximum absolute atomic E-state index is 13.5. The average Bonchev–Trinajstić information content (AvgIpc) is 2.37. The fraction of sp³-hybridized carbons (Fsp3) is 0.538. The predicted octanol–water partition coefficient (Wildman–Crippen LogP) is 2.44. The first-order valence-electron chi connectivity index (χ1n) is 6.29. The van der Waals surface area contributed by atoms with Crippen LogP contribution in [-0.4, -0.2) is 20.8 Å². The van der Waals surface area contributed by atoms with Gasteiger partial charge in [0.2, 0.25) is 10.0 Å². The van der Waals surface area contributed by atoms with E-state index in [2.05, 4.69) is 0 Å². The molecule has 1 aromatic rings. The molecule has 2 N–H and O–H groups in total. The molecule has 0 saturated heterocycles. The minimum atomic E-state index is -3.68. The number of hydrogen-bond donors (Lipinski definition) is 1. The third kappa shape index (κ3) is 4.72. The van der Waals surface area contributed by atoms with Crippen LogP contribution in [0.5, 0.6) is 5.75 Å². The van der Waals surface area contributed by atoms with E-state index in [-0.39, 0.29) is 18.1 Å². The second kappa shape index (κ2) is 6.49. The first kappa shape index (κ1) is 16.8. The first-order chi connectivity index (χ1) is 9.21. The predicted molar refractivity (Wildman–Crippen MR) is 72.8 cm³/mol. The van der Waals surface area contributed by atoms with Crippen LogP contribution in [0.3, 0.4) is 0 Å². The molecule has 0 aliphatic heterocycles.